The smallest absolute Gasteiger partial charge is 0.276 e. The average Bonchev–Trinajstić information content (AvgIpc) is 3.10. The van der Waals surface area contributed by atoms with Crippen LogP contribution in [0.2, 0.25) is 0 Å². The minimum atomic E-state index is -0.508. The number of carbonyl (C=O) groups excluding carboxylic acids is 2. The molecule has 0 spiro atoms. The lowest BCUT2D eigenvalue weighted by atomic mass is 10.2. The number of carbonyl (C=O) groups is 2. The highest BCUT2D eigenvalue weighted by Crippen LogP contribution is 2.17. The van der Waals surface area contributed by atoms with Crippen molar-refractivity contribution in [3.63, 3.8) is 0 Å². The van der Waals surface area contributed by atoms with E-state index in [2.05, 4.69) is 20.4 Å². The fourth-order valence-electron chi connectivity index (χ4n) is 2.47. The number of anilines is 2. The molecule has 3 rings (SSSR count). The number of hydrogen-bond acceptors (Lipinski definition) is 5. The van der Waals surface area contributed by atoms with Gasteiger partial charge in [0.2, 0.25) is 5.91 Å². The normalized spacial score (nSPS) is 13.8. The van der Waals surface area contributed by atoms with Gasteiger partial charge in [0.05, 0.1) is 0 Å². The molecular weight excluding hydrogens is 294 g/mol. The van der Waals surface area contributed by atoms with E-state index in [1.807, 2.05) is 6.07 Å². The molecule has 0 atom stereocenters. The third kappa shape index (κ3) is 3.45. The second kappa shape index (κ2) is 6.43. The van der Waals surface area contributed by atoms with E-state index in [1.54, 1.807) is 30.3 Å². The fourth-order valence-corrected chi connectivity index (χ4v) is 2.47. The molecule has 1 fully saturated rings. The van der Waals surface area contributed by atoms with Gasteiger partial charge in [-0.3, -0.25) is 9.59 Å². The van der Waals surface area contributed by atoms with Crippen molar-refractivity contribution < 1.29 is 9.59 Å². The summed E-state index contributed by atoms with van der Waals surface area (Å²) in [7, 11) is 0. The van der Waals surface area contributed by atoms with E-state index in [-0.39, 0.29) is 11.6 Å². The number of amides is 2. The number of rotatable bonds is 4. The number of hydrogen-bond donors (Lipinski definition) is 2. The Morgan fingerprint density at radius 2 is 1.70 bits per heavy atom. The zero-order valence-corrected chi connectivity index (χ0v) is 12.5. The monoisotopic (exact) mass is 311 g/mol. The predicted molar refractivity (Wildman–Crippen MR) is 86.4 cm³/mol. The van der Waals surface area contributed by atoms with Crippen molar-refractivity contribution >= 4 is 23.3 Å². The second-order valence-electron chi connectivity index (χ2n) is 5.37. The molecule has 1 aliphatic rings. The third-order valence-electron chi connectivity index (χ3n) is 3.74. The molecule has 7 nitrogen and oxygen atoms in total. The number of nitrogens with two attached hydrogens (primary N) is 1. The highest BCUT2D eigenvalue weighted by molar-refractivity contribution is 6.03. The zero-order chi connectivity index (χ0) is 16.2. The molecule has 2 amide bonds. The molecule has 118 valence electrons. The summed E-state index contributed by atoms with van der Waals surface area (Å²) in [6.07, 6.45) is 2.32. The standard InChI is InChI=1S/C16H17N5O2/c17-15(22)11-3-5-12(6-4-11)18-16(23)13-7-8-14(20-19-13)21-9-1-2-10-21/h3-8H,1-2,9-10H2,(H2,17,22)(H,18,23). The van der Waals surface area contributed by atoms with Crippen LogP contribution in [0.15, 0.2) is 36.4 Å². The van der Waals surface area contributed by atoms with Crippen LogP contribution in [0.4, 0.5) is 11.5 Å². The first-order chi connectivity index (χ1) is 11.1. The van der Waals surface area contributed by atoms with E-state index in [9.17, 15) is 9.59 Å². The molecule has 1 saturated heterocycles. The van der Waals surface area contributed by atoms with Crippen LogP contribution in [-0.2, 0) is 0 Å². The second-order valence-corrected chi connectivity index (χ2v) is 5.37. The molecule has 0 bridgehead atoms. The van der Waals surface area contributed by atoms with Gasteiger partial charge in [-0.2, -0.15) is 0 Å². The summed E-state index contributed by atoms with van der Waals surface area (Å²) in [6.45, 7) is 1.96. The van der Waals surface area contributed by atoms with E-state index in [0.29, 0.717) is 11.3 Å². The Labute approximate surface area is 133 Å². The first-order valence-corrected chi connectivity index (χ1v) is 7.43. The molecule has 1 aliphatic heterocycles. The molecule has 3 N–H and O–H groups in total. The van der Waals surface area contributed by atoms with Gasteiger partial charge >= 0.3 is 0 Å². The van der Waals surface area contributed by atoms with Crippen molar-refractivity contribution in [1.82, 2.24) is 10.2 Å². The molecule has 1 aromatic heterocycles. The maximum Gasteiger partial charge on any atom is 0.276 e. The molecule has 2 heterocycles. The van der Waals surface area contributed by atoms with E-state index in [4.69, 9.17) is 5.73 Å². The highest BCUT2D eigenvalue weighted by Gasteiger charge is 2.15. The average molecular weight is 311 g/mol. The summed E-state index contributed by atoms with van der Waals surface area (Å²) in [5, 5.41) is 10.8. The van der Waals surface area contributed by atoms with Crippen LogP contribution in [0.1, 0.15) is 33.7 Å². The molecule has 1 aromatic carbocycles. The summed E-state index contributed by atoms with van der Waals surface area (Å²) in [6, 6.07) is 9.81. The lowest BCUT2D eigenvalue weighted by molar-refractivity contribution is 0.0997. The van der Waals surface area contributed by atoms with Gasteiger partial charge in [0.25, 0.3) is 5.91 Å². The van der Waals surface area contributed by atoms with Gasteiger partial charge in [-0.1, -0.05) is 0 Å². The molecule has 2 aromatic rings. The Bertz CT molecular complexity index is 706. The topological polar surface area (TPSA) is 101 Å². The minimum Gasteiger partial charge on any atom is -0.366 e. The lowest BCUT2D eigenvalue weighted by Gasteiger charge is -2.15. The minimum absolute atomic E-state index is 0.243. The zero-order valence-electron chi connectivity index (χ0n) is 12.5. The van der Waals surface area contributed by atoms with Gasteiger partial charge in [0.15, 0.2) is 11.5 Å². The van der Waals surface area contributed by atoms with Crippen LogP contribution >= 0.6 is 0 Å². The molecule has 0 unspecified atom stereocenters. The van der Waals surface area contributed by atoms with Crippen molar-refractivity contribution in [1.29, 1.82) is 0 Å². The Morgan fingerprint density at radius 1 is 1.00 bits per heavy atom. The fraction of sp³-hybridized carbons (Fsp3) is 0.250. The van der Waals surface area contributed by atoms with Crippen molar-refractivity contribution in [3.05, 3.63) is 47.7 Å². The van der Waals surface area contributed by atoms with Gasteiger partial charge < -0.3 is 16.0 Å². The first kappa shape index (κ1) is 15.0. The molecule has 0 aliphatic carbocycles. The number of aromatic nitrogens is 2. The van der Waals surface area contributed by atoms with Gasteiger partial charge in [0.1, 0.15) is 0 Å². The maximum absolute atomic E-state index is 12.1. The van der Waals surface area contributed by atoms with Crippen LogP contribution in [0.5, 0.6) is 0 Å². The summed E-state index contributed by atoms with van der Waals surface area (Å²) in [5.74, 6) is -0.0617. The van der Waals surface area contributed by atoms with Crippen LogP contribution in [0.3, 0.4) is 0 Å². The van der Waals surface area contributed by atoms with Crippen LogP contribution in [0.25, 0.3) is 0 Å². The van der Waals surface area contributed by atoms with Crippen molar-refractivity contribution in [2.45, 2.75) is 12.8 Å². The van der Waals surface area contributed by atoms with Crippen molar-refractivity contribution in [2.75, 3.05) is 23.3 Å². The Kier molecular flexibility index (Phi) is 4.18. The number of nitrogens with zero attached hydrogens (tertiary/aromatic N) is 3. The number of primary amides is 1. The summed E-state index contributed by atoms with van der Waals surface area (Å²) in [4.78, 5) is 25.3. The number of benzene rings is 1. The SMILES string of the molecule is NC(=O)c1ccc(NC(=O)c2ccc(N3CCCC3)nn2)cc1. The Hall–Kier alpha value is -2.96. The van der Waals surface area contributed by atoms with Gasteiger partial charge in [0, 0.05) is 24.3 Å². The Morgan fingerprint density at radius 3 is 2.26 bits per heavy atom. The quantitative estimate of drug-likeness (QED) is 0.889. The summed E-state index contributed by atoms with van der Waals surface area (Å²) < 4.78 is 0. The maximum atomic E-state index is 12.1. The predicted octanol–water partition coefficient (Wildman–Crippen LogP) is 1.43. The Balaban J connectivity index is 1.66. The summed E-state index contributed by atoms with van der Waals surface area (Å²) >= 11 is 0. The third-order valence-corrected chi connectivity index (χ3v) is 3.74. The van der Waals surface area contributed by atoms with Crippen LogP contribution < -0.4 is 16.0 Å². The van der Waals surface area contributed by atoms with E-state index < -0.39 is 5.91 Å². The van der Waals surface area contributed by atoms with Crippen molar-refractivity contribution in [2.24, 2.45) is 5.73 Å². The first-order valence-electron chi connectivity index (χ1n) is 7.43. The van der Waals surface area contributed by atoms with Crippen LogP contribution in [-0.4, -0.2) is 35.1 Å². The van der Waals surface area contributed by atoms with E-state index >= 15 is 0 Å². The van der Waals surface area contributed by atoms with Gasteiger partial charge in [-0.05, 0) is 49.2 Å². The largest absolute Gasteiger partial charge is 0.366 e. The highest BCUT2D eigenvalue weighted by atomic mass is 16.2. The van der Waals surface area contributed by atoms with E-state index in [1.165, 1.54) is 0 Å². The molecule has 0 saturated carbocycles. The van der Waals surface area contributed by atoms with Gasteiger partial charge in [-0.15, -0.1) is 10.2 Å². The van der Waals surface area contributed by atoms with Gasteiger partial charge in [-0.25, -0.2) is 0 Å². The molecule has 23 heavy (non-hydrogen) atoms. The molecular formula is C16H17N5O2. The van der Waals surface area contributed by atoms with Crippen LogP contribution in [0, 0.1) is 0 Å². The van der Waals surface area contributed by atoms with Crippen molar-refractivity contribution in [3.8, 4) is 0 Å². The number of nitrogens with one attached hydrogen (secondary N) is 1. The molecule has 0 radical (unpaired) electrons. The molecule has 7 heteroatoms. The lowest BCUT2D eigenvalue weighted by Crippen LogP contribution is -2.21. The summed E-state index contributed by atoms with van der Waals surface area (Å²) in [5.41, 5.74) is 6.36. The van der Waals surface area contributed by atoms with E-state index in [0.717, 1.165) is 31.7 Å².